The number of nitrogens with zero attached hydrogens (tertiary/aromatic N) is 4. The molecule has 7 nitrogen and oxygen atoms in total. The number of hydrogen-bond acceptors (Lipinski definition) is 6. The molecule has 0 spiro atoms. The lowest BCUT2D eigenvalue weighted by Gasteiger charge is -2.30. The van der Waals surface area contributed by atoms with Crippen LogP contribution in [0.1, 0.15) is 0 Å². The highest BCUT2D eigenvalue weighted by Crippen LogP contribution is 2.39. The Bertz CT molecular complexity index is 1290. The van der Waals surface area contributed by atoms with Gasteiger partial charge in [0, 0.05) is 49.1 Å². The van der Waals surface area contributed by atoms with Gasteiger partial charge in [-0.25, -0.2) is 14.1 Å². The van der Waals surface area contributed by atoms with Crippen molar-refractivity contribution in [2.45, 2.75) is 0 Å². The zero-order valence-corrected chi connectivity index (χ0v) is 19.6. The van der Waals surface area contributed by atoms with E-state index in [4.69, 9.17) is 10.5 Å². The van der Waals surface area contributed by atoms with Crippen LogP contribution in [0.5, 0.6) is 5.75 Å². The van der Waals surface area contributed by atoms with E-state index in [9.17, 15) is 4.39 Å². The molecule has 0 bridgehead atoms. The molecule has 9 heteroatoms. The number of nitrogen functional groups attached to an aromatic ring is 1. The summed E-state index contributed by atoms with van der Waals surface area (Å²) in [6, 6.07) is 18.1. The average Bonchev–Trinajstić information content (AvgIpc) is 3.34. The topological polar surface area (TPSA) is 81.2 Å². The Balaban J connectivity index is 0.00000274. The normalized spacial score (nSPS) is 13.4. The van der Waals surface area contributed by atoms with E-state index in [1.165, 1.54) is 12.1 Å². The summed E-state index contributed by atoms with van der Waals surface area (Å²) in [6.45, 7) is 3.81. The van der Waals surface area contributed by atoms with Gasteiger partial charge in [0.2, 0.25) is 0 Å². The van der Waals surface area contributed by atoms with Crippen LogP contribution in [-0.4, -0.2) is 48.1 Å². The summed E-state index contributed by atoms with van der Waals surface area (Å²) in [4.78, 5) is 6.97. The molecule has 5 rings (SSSR count). The molecule has 176 valence electrons. The number of piperazine rings is 1. The van der Waals surface area contributed by atoms with Crippen LogP contribution in [0.3, 0.4) is 0 Å². The Morgan fingerprint density at radius 1 is 0.971 bits per heavy atom. The van der Waals surface area contributed by atoms with E-state index in [1.807, 2.05) is 12.1 Å². The third-order valence-corrected chi connectivity index (χ3v) is 5.81. The van der Waals surface area contributed by atoms with Gasteiger partial charge in [-0.15, -0.1) is 12.4 Å². The standard InChI is InChI=1S/C25H25FN6O.ClH/c1-33-23-16-18(31-13-11-28-12-14-31)5-6-20(23)21-7-8-24(27)30-25(21)22-9-10-29-32(22)19-4-2-3-17(26)15-19;/h2-10,15-16,28H,11-14H2,1H3,(H2,27,30);1H. The molecule has 3 N–H and O–H groups in total. The molecule has 0 aliphatic carbocycles. The predicted octanol–water partition coefficient (Wildman–Crippen LogP) is 4.16. The summed E-state index contributed by atoms with van der Waals surface area (Å²) < 4.78 is 21.3. The van der Waals surface area contributed by atoms with Crippen molar-refractivity contribution in [3.8, 4) is 34.0 Å². The van der Waals surface area contributed by atoms with Crippen LogP contribution in [0.15, 0.2) is 66.9 Å². The first-order valence-electron chi connectivity index (χ1n) is 10.8. The van der Waals surface area contributed by atoms with Crippen molar-refractivity contribution in [2.75, 3.05) is 43.9 Å². The van der Waals surface area contributed by atoms with Crippen LogP contribution >= 0.6 is 12.4 Å². The fourth-order valence-electron chi connectivity index (χ4n) is 4.21. The maximum atomic E-state index is 13.9. The molecule has 1 saturated heterocycles. The third-order valence-electron chi connectivity index (χ3n) is 5.81. The fourth-order valence-corrected chi connectivity index (χ4v) is 4.21. The van der Waals surface area contributed by atoms with E-state index >= 15 is 0 Å². The Morgan fingerprint density at radius 2 is 1.76 bits per heavy atom. The number of methoxy groups -OCH3 is 1. The van der Waals surface area contributed by atoms with E-state index in [0.29, 0.717) is 22.9 Å². The monoisotopic (exact) mass is 480 g/mol. The van der Waals surface area contributed by atoms with Crippen molar-refractivity contribution in [1.29, 1.82) is 0 Å². The first-order valence-corrected chi connectivity index (χ1v) is 10.8. The predicted molar refractivity (Wildman–Crippen MR) is 135 cm³/mol. The second kappa shape index (κ2) is 10.1. The second-order valence-corrected chi connectivity index (χ2v) is 7.86. The lowest BCUT2D eigenvalue weighted by molar-refractivity contribution is 0.416. The lowest BCUT2D eigenvalue weighted by Crippen LogP contribution is -2.43. The van der Waals surface area contributed by atoms with Crippen molar-refractivity contribution in [1.82, 2.24) is 20.1 Å². The Labute approximate surface area is 203 Å². The number of nitrogens with two attached hydrogens (primary N) is 1. The molecule has 2 aromatic carbocycles. The van der Waals surface area contributed by atoms with Crippen LogP contribution in [0.2, 0.25) is 0 Å². The first-order chi connectivity index (χ1) is 16.1. The van der Waals surface area contributed by atoms with Gasteiger partial charge in [0.1, 0.15) is 17.4 Å². The second-order valence-electron chi connectivity index (χ2n) is 7.86. The number of benzene rings is 2. The minimum Gasteiger partial charge on any atom is -0.496 e. The van der Waals surface area contributed by atoms with E-state index in [0.717, 1.165) is 48.7 Å². The van der Waals surface area contributed by atoms with Crippen LogP contribution in [0.25, 0.3) is 28.2 Å². The summed E-state index contributed by atoms with van der Waals surface area (Å²) in [5, 5.41) is 7.79. The molecule has 0 amide bonds. The van der Waals surface area contributed by atoms with Crippen LogP contribution in [0, 0.1) is 5.82 Å². The summed E-state index contributed by atoms with van der Waals surface area (Å²) in [6.07, 6.45) is 1.67. The van der Waals surface area contributed by atoms with Gasteiger partial charge < -0.3 is 20.7 Å². The van der Waals surface area contributed by atoms with E-state index in [1.54, 1.807) is 36.2 Å². The molecule has 0 radical (unpaired) electrons. The van der Waals surface area contributed by atoms with Crippen molar-refractivity contribution in [3.63, 3.8) is 0 Å². The van der Waals surface area contributed by atoms with Gasteiger partial charge in [0.25, 0.3) is 0 Å². The molecular formula is C25H26ClFN6O. The fraction of sp³-hybridized carbons (Fsp3) is 0.200. The highest BCUT2D eigenvalue weighted by molar-refractivity contribution is 5.86. The van der Waals surface area contributed by atoms with Crippen LogP contribution in [0.4, 0.5) is 15.9 Å². The van der Waals surface area contributed by atoms with Gasteiger partial charge in [0.05, 0.1) is 30.4 Å². The van der Waals surface area contributed by atoms with Crippen molar-refractivity contribution < 1.29 is 9.13 Å². The van der Waals surface area contributed by atoms with E-state index in [2.05, 4.69) is 38.5 Å². The largest absolute Gasteiger partial charge is 0.496 e. The quantitative estimate of drug-likeness (QED) is 0.446. The molecule has 34 heavy (non-hydrogen) atoms. The van der Waals surface area contributed by atoms with Gasteiger partial charge in [-0.1, -0.05) is 6.07 Å². The van der Waals surface area contributed by atoms with E-state index in [-0.39, 0.29) is 18.2 Å². The van der Waals surface area contributed by atoms with Gasteiger partial charge in [-0.3, -0.25) is 0 Å². The number of halogens is 2. The van der Waals surface area contributed by atoms with Crippen LogP contribution < -0.4 is 20.7 Å². The first kappa shape index (κ1) is 23.5. The Morgan fingerprint density at radius 3 is 2.53 bits per heavy atom. The summed E-state index contributed by atoms with van der Waals surface area (Å²) in [5.41, 5.74) is 10.9. The molecule has 1 fully saturated rings. The molecule has 0 saturated carbocycles. The highest BCUT2D eigenvalue weighted by Gasteiger charge is 2.19. The Hall–Kier alpha value is -3.62. The SMILES string of the molecule is COc1cc(N2CCNCC2)ccc1-c1ccc(N)nc1-c1ccnn1-c1cccc(F)c1.Cl. The Kier molecular flexibility index (Phi) is 7.00. The van der Waals surface area contributed by atoms with Gasteiger partial charge >= 0.3 is 0 Å². The number of anilines is 2. The summed E-state index contributed by atoms with van der Waals surface area (Å²) in [5.74, 6) is 0.799. The number of hydrogen-bond donors (Lipinski definition) is 2. The minimum absolute atomic E-state index is 0. The van der Waals surface area contributed by atoms with Crippen LogP contribution in [-0.2, 0) is 0 Å². The van der Waals surface area contributed by atoms with Gasteiger partial charge in [-0.05, 0) is 48.5 Å². The molecule has 4 aromatic rings. The molecular weight excluding hydrogens is 455 g/mol. The molecule has 0 atom stereocenters. The lowest BCUT2D eigenvalue weighted by atomic mass is 10.00. The average molecular weight is 481 g/mol. The zero-order chi connectivity index (χ0) is 22.8. The maximum absolute atomic E-state index is 13.9. The summed E-state index contributed by atoms with van der Waals surface area (Å²) >= 11 is 0. The van der Waals surface area contributed by atoms with Crippen molar-refractivity contribution >= 4 is 23.9 Å². The number of rotatable bonds is 5. The maximum Gasteiger partial charge on any atom is 0.128 e. The minimum atomic E-state index is -0.333. The molecule has 0 unspecified atom stereocenters. The number of aromatic nitrogens is 3. The molecule has 1 aliphatic heterocycles. The number of ether oxygens (including phenoxy) is 1. The molecule has 2 aromatic heterocycles. The highest BCUT2D eigenvalue weighted by atomic mass is 35.5. The molecule has 1 aliphatic rings. The zero-order valence-electron chi connectivity index (χ0n) is 18.7. The number of nitrogens with one attached hydrogen (secondary N) is 1. The van der Waals surface area contributed by atoms with Gasteiger partial charge in [-0.2, -0.15) is 5.10 Å². The number of pyridine rings is 1. The molecule has 3 heterocycles. The smallest absolute Gasteiger partial charge is 0.128 e. The van der Waals surface area contributed by atoms with Crippen molar-refractivity contribution in [2.24, 2.45) is 0 Å². The van der Waals surface area contributed by atoms with E-state index < -0.39 is 0 Å². The van der Waals surface area contributed by atoms with Gasteiger partial charge in [0.15, 0.2) is 0 Å². The third kappa shape index (κ3) is 4.55. The van der Waals surface area contributed by atoms with Crippen molar-refractivity contribution in [3.05, 3.63) is 72.7 Å². The summed E-state index contributed by atoms with van der Waals surface area (Å²) in [7, 11) is 1.67.